The molecule has 6 nitrogen and oxygen atoms in total. The molecule has 1 unspecified atom stereocenters. The van der Waals surface area contributed by atoms with Gasteiger partial charge in [0.15, 0.2) is 6.04 Å². The van der Waals surface area contributed by atoms with Crippen LogP contribution in [0.3, 0.4) is 0 Å². The summed E-state index contributed by atoms with van der Waals surface area (Å²) in [6.45, 7) is 0.816. The Morgan fingerprint density at radius 1 is 1.13 bits per heavy atom. The average molecular weight is 317 g/mol. The second-order valence-corrected chi connectivity index (χ2v) is 5.01. The van der Waals surface area contributed by atoms with Crippen LogP contribution in [0, 0.1) is 0 Å². The van der Waals surface area contributed by atoms with Crippen molar-refractivity contribution in [1.82, 2.24) is 0 Å². The van der Waals surface area contributed by atoms with Crippen LogP contribution in [0.15, 0.2) is 36.4 Å². The van der Waals surface area contributed by atoms with E-state index >= 15 is 0 Å². The number of carbonyl (C=O) groups excluding carboxylic acids is 2. The number of aliphatic hydroxyl groups excluding tert-OH is 1. The van der Waals surface area contributed by atoms with Gasteiger partial charge in [-0.1, -0.05) is 12.1 Å². The molecule has 0 aliphatic rings. The van der Waals surface area contributed by atoms with Gasteiger partial charge in [-0.05, 0) is 35.0 Å². The average Bonchev–Trinajstić information content (AvgIpc) is 2.57. The van der Waals surface area contributed by atoms with E-state index in [1.165, 1.54) is 18.9 Å². The van der Waals surface area contributed by atoms with Gasteiger partial charge in [0.1, 0.15) is 5.75 Å². The lowest BCUT2D eigenvalue weighted by molar-refractivity contribution is -0.144. The lowest BCUT2D eigenvalue weighted by Crippen LogP contribution is -2.47. The van der Waals surface area contributed by atoms with E-state index in [0.29, 0.717) is 5.69 Å². The predicted molar refractivity (Wildman–Crippen MR) is 86.5 cm³/mol. The highest BCUT2D eigenvalue weighted by atomic mass is 16.5. The minimum atomic E-state index is -1.08. The molecule has 2 rings (SSSR count). The highest BCUT2D eigenvalue weighted by molar-refractivity contribution is 6.00. The molecule has 0 bridgehead atoms. The van der Waals surface area contributed by atoms with E-state index in [1.54, 1.807) is 19.2 Å². The number of aliphatic hydroxyl groups is 1. The third-order valence-electron chi connectivity index (χ3n) is 3.61. The van der Waals surface area contributed by atoms with Crippen molar-refractivity contribution in [3.05, 3.63) is 36.4 Å². The quantitative estimate of drug-likeness (QED) is 0.850. The number of methoxy groups -OCH3 is 2. The van der Waals surface area contributed by atoms with Crippen molar-refractivity contribution >= 4 is 28.3 Å². The lowest BCUT2D eigenvalue weighted by Gasteiger charge is -2.28. The van der Waals surface area contributed by atoms with E-state index < -0.39 is 18.6 Å². The zero-order valence-electron chi connectivity index (χ0n) is 13.3. The van der Waals surface area contributed by atoms with Crippen LogP contribution in [0.2, 0.25) is 0 Å². The second kappa shape index (κ2) is 7.11. The molecule has 0 fully saturated rings. The van der Waals surface area contributed by atoms with Gasteiger partial charge in [-0.25, -0.2) is 4.79 Å². The summed E-state index contributed by atoms with van der Waals surface area (Å²) in [5.41, 5.74) is 0.514. The molecular weight excluding hydrogens is 298 g/mol. The number of carbonyl (C=O) groups is 2. The van der Waals surface area contributed by atoms with Gasteiger partial charge < -0.3 is 14.6 Å². The van der Waals surface area contributed by atoms with Crippen LogP contribution >= 0.6 is 0 Å². The molecule has 122 valence electrons. The largest absolute Gasteiger partial charge is 0.497 e. The molecule has 2 aromatic rings. The van der Waals surface area contributed by atoms with Crippen LogP contribution in [0.5, 0.6) is 5.75 Å². The Hall–Kier alpha value is -2.60. The molecule has 0 aromatic heterocycles. The number of fused-ring (bicyclic) bond motifs is 1. The molecule has 1 atom stereocenters. The highest BCUT2D eigenvalue weighted by Gasteiger charge is 2.29. The summed E-state index contributed by atoms with van der Waals surface area (Å²) >= 11 is 0. The van der Waals surface area contributed by atoms with Gasteiger partial charge in [0.05, 0.1) is 20.8 Å². The molecule has 0 aliphatic heterocycles. The molecule has 6 heteroatoms. The molecule has 1 amide bonds. The maximum Gasteiger partial charge on any atom is 0.331 e. The Morgan fingerprint density at radius 3 is 2.35 bits per heavy atom. The van der Waals surface area contributed by atoms with Gasteiger partial charge in [-0.2, -0.15) is 0 Å². The molecule has 2 aromatic carbocycles. The standard InChI is InChI=1S/C17H19NO5/c1-11(20)18(16(10-19)17(21)23-3)14-6-4-13-9-15(22-2)7-5-12(13)8-14/h4-9,16,19H,10H2,1-3H3. The first kappa shape index (κ1) is 16.8. The molecule has 0 spiro atoms. The lowest BCUT2D eigenvalue weighted by atomic mass is 10.1. The molecule has 0 aliphatic carbocycles. The summed E-state index contributed by atoms with van der Waals surface area (Å²) in [7, 11) is 2.81. The van der Waals surface area contributed by atoms with E-state index in [-0.39, 0.29) is 5.91 Å². The first-order valence-electron chi connectivity index (χ1n) is 7.08. The number of ether oxygens (including phenoxy) is 2. The first-order chi connectivity index (χ1) is 11.0. The Morgan fingerprint density at radius 2 is 1.78 bits per heavy atom. The fourth-order valence-corrected chi connectivity index (χ4v) is 2.47. The summed E-state index contributed by atoms with van der Waals surface area (Å²) in [5, 5.41) is 11.3. The zero-order valence-corrected chi connectivity index (χ0v) is 13.3. The third-order valence-corrected chi connectivity index (χ3v) is 3.61. The summed E-state index contributed by atoms with van der Waals surface area (Å²) < 4.78 is 9.85. The van der Waals surface area contributed by atoms with Gasteiger partial charge in [-0.15, -0.1) is 0 Å². The number of hydrogen-bond donors (Lipinski definition) is 1. The number of amides is 1. The summed E-state index contributed by atoms with van der Waals surface area (Å²) in [6, 6.07) is 9.80. The van der Waals surface area contributed by atoms with Crippen molar-refractivity contribution in [3.8, 4) is 5.75 Å². The molecule has 0 saturated carbocycles. The smallest absolute Gasteiger partial charge is 0.331 e. The van der Waals surface area contributed by atoms with Crippen LogP contribution in [0.4, 0.5) is 5.69 Å². The number of benzene rings is 2. The normalized spacial score (nSPS) is 11.8. The van der Waals surface area contributed by atoms with Gasteiger partial charge in [0.2, 0.25) is 5.91 Å². The van der Waals surface area contributed by atoms with Gasteiger partial charge in [-0.3, -0.25) is 9.69 Å². The van der Waals surface area contributed by atoms with Crippen molar-refractivity contribution in [2.75, 3.05) is 25.7 Å². The molecular formula is C17H19NO5. The first-order valence-corrected chi connectivity index (χ1v) is 7.08. The summed E-state index contributed by atoms with van der Waals surface area (Å²) in [5.74, 6) is -0.295. The molecule has 23 heavy (non-hydrogen) atoms. The number of hydrogen-bond acceptors (Lipinski definition) is 5. The number of nitrogens with zero attached hydrogens (tertiary/aromatic N) is 1. The minimum Gasteiger partial charge on any atom is -0.497 e. The number of esters is 1. The number of rotatable bonds is 5. The fraction of sp³-hybridized carbons (Fsp3) is 0.294. The number of anilines is 1. The van der Waals surface area contributed by atoms with Crippen molar-refractivity contribution in [2.24, 2.45) is 0 Å². The molecule has 0 radical (unpaired) electrons. The Balaban J connectivity index is 2.49. The van der Waals surface area contributed by atoms with Crippen molar-refractivity contribution in [1.29, 1.82) is 0 Å². The van der Waals surface area contributed by atoms with Crippen molar-refractivity contribution < 1.29 is 24.2 Å². The van der Waals surface area contributed by atoms with Crippen molar-refractivity contribution in [2.45, 2.75) is 13.0 Å². The predicted octanol–water partition coefficient (Wildman–Crippen LogP) is 1.74. The molecule has 0 saturated heterocycles. The van der Waals surface area contributed by atoms with E-state index in [0.717, 1.165) is 16.5 Å². The fourth-order valence-electron chi connectivity index (χ4n) is 2.47. The van der Waals surface area contributed by atoms with Crippen molar-refractivity contribution in [3.63, 3.8) is 0 Å². The van der Waals surface area contributed by atoms with E-state index in [9.17, 15) is 14.7 Å². The maximum absolute atomic E-state index is 12.0. The summed E-state index contributed by atoms with van der Waals surface area (Å²) in [4.78, 5) is 25.0. The van der Waals surface area contributed by atoms with Crippen LogP contribution in [-0.2, 0) is 14.3 Å². The second-order valence-electron chi connectivity index (χ2n) is 5.01. The third kappa shape index (κ3) is 3.43. The van der Waals surface area contributed by atoms with Gasteiger partial charge in [0, 0.05) is 12.6 Å². The monoisotopic (exact) mass is 317 g/mol. The Kier molecular flexibility index (Phi) is 5.18. The zero-order chi connectivity index (χ0) is 17.0. The van der Waals surface area contributed by atoms with E-state index in [1.807, 2.05) is 24.3 Å². The summed E-state index contributed by atoms with van der Waals surface area (Å²) in [6.07, 6.45) is 0. The minimum absolute atomic E-state index is 0.359. The Bertz CT molecular complexity index is 728. The van der Waals surface area contributed by atoms with E-state index in [4.69, 9.17) is 4.74 Å². The van der Waals surface area contributed by atoms with Gasteiger partial charge >= 0.3 is 5.97 Å². The SMILES string of the molecule is COC(=O)C(CO)N(C(C)=O)c1ccc2cc(OC)ccc2c1. The van der Waals surface area contributed by atoms with Crippen LogP contribution in [0.25, 0.3) is 10.8 Å². The highest BCUT2D eigenvalue weighted by Crippen LogP contribution is 2.27. The van der Waals surface area contributed by atoms with Gasteiger partial charge in [0.25, 0.3) is 0 Å². The van der Waals surface area contributed by atoms with Crippen LogP contribution in [0.1, 0.15) is 6.92 Å². The van der Waals surface area contributed by atoms with Crippen LogP contribution < -0.4 is 9.64 Å². The maximum atomic E-state index is 12.0. The molecule has 1 N–H and O–H groups in total. The Labute approximate surface area is 134 Å². The topological polar surface area (TPSA) is 76.1 Å². The van der Waals surface area contributed by atoms with Crippen LogP contribution in [-0.4, -0.2) is 43.9 Å². The van der Waals surface area contributed by atoms with E-state index in [2.05, 4.69) is 4.74 Å². The molecule has 0 heterocycles.